The minimum atomic E-state index is -0.236. The van der Waals surface area contributed by atoms with Crippen LogP contribution < -0.4 is 15.5 Å². The molecule has 1 aliphatic carbocycles. The Labute approximate surface area is 134 Å². The highest BCUT2D eigenvalue weighted by atomic mass is 16.3. The fourth-order valence-electron chi connectivity index (χ4n) is 3.37. The number of aryl methyl sites for hydroxylation is 1. The number of hydrogen-bond donors (Lipinski definition) is 2. The first-order valence-electron chi connectivity index (χ1n) is 7.98. The van der Waals surface area contributed by atoms with Gasteiger partial charge < -0.3 is 14.6 Å². The first-order valence-corrected chi connectivity index (χ1v) is 7.98. The second-order valence-electron chi connectivity index (χ2n) is 5.98. The van der Waals surface area contributed by atoms with Gasteiger partial charge in [-0.1, -0.05) is 0 Å². The quantitative estimate of drug-likeness (QED) is 0.905. The average Bonchev–Trinajstić information content (AvgIpc) is 3.27. The van der Waals surface area contributed by atoms with Crippen molar-refractivity contribution in [2.45, 2.75) is 31.7 Å². The molecule has 1 atom stereocenters. The largest absolute Gasteiger partial charge is 0.449 e. The lowest BCUT2D eigenvalue weighted by Crippen LogP contribution is -2.39. The van der Waals surface area contributed by atoms with Gasteiger partial charge >= 0.3 is 6.03 Å². The zero-order chi connectivity index (χ0) is 15.6. The van der Waals surface area contributed by atoms with E-state index in [0.29, 0.717) is 5.88 Å². The van der Waals surface area contributed by atoms with Crippen molar-refractivity contribution in [2.75, 3.05) is 23.3 Å². The Morgan fingerprint density at radius 1 is 1.35 bits per heavy atom. The molecule has 1 aliphatic heterocycles. The van der Waals surface area contributed by atoms with Crippen molar-refractivity contribution < 1.29 is 9.21 Å². The van der Waals surface area contributed by atoms with Crippen LogP contribution in [0, 0.1) is 0 Å². The molecule has 0 aromatic carbocycles. The van der Waals surface area contributed by atoms with Crippen LogP contribution in [0.1, 0.15) is 24.1 Å². The molecule has 2 aliphatic rings. The summed E-state index contributed by atoms with van der Waals surface area (Å²) in [6.07, 6.45) is 7.35. The highest BCUT2D eigenvalue weighted by Crippen LogP contribution is 2.29. The van der Waals surface area contributed by atoms with Gasteiger partial charge in [-0.05, 0) is 31.7 Å². The van der Waals surface area contributed by atoms with Gasteiger partial charge in [-0.2, -0.15) is 0 Å². The third-order valence-corrected chi connectivity index (χ3v) is 4.43. The Kier molecular flexibility index (Phi) is 3.61. The fraction of sp³-hybridized carbons (Fsp3) is 0.438. The van der Waals surface area contributed by atoms with Gasteiger partial charge in [0.15, 0.2) is 0 Å². The predicted octanol–water partition coefficient (Wildman–Crippen LogP) is 1.96. The number of amides is 2. The van der Waals surface area contributed by atoms with E-state index in [1.165, 1.54) is 17.5 Å². The standard InChI is InChI=1S/C16H19N5O2/c22-16(20-14-5-2-8-23-14)19-11-6-7-21(9-11)15-12-3-1-4-13(12)17-10-18-15/h2,5,8,10-11H,1,3-4,6-7,9H2,(H2,19,20,22). The van der Waals surface area contributed by atoms with Crippen molar-refractivity contribution >= 4 is 17.7 Å². The van der Waals surface area contributed by atoms with E-state index in [4.69, 9.17) is 4.42 Å². The van der Waals surface area contributed by atoms with Crippen molar-refractivity contribution in [1.82, 2.24) is 15.3 Å². The van der Waals surface area contributed by atoms with Gasteiger partial charge in [0.05, 0.1) is 6.26 Å². The minimum absolute atomic E-state index is 0.108. The zero-order valence-electron chi connectivity index (χ0n) is 12.8. The van der Waals surface area contributed by atoms with Gasteiger partial charge in [-0.3, -0.25) is 5.32 Å². The van der Waals surface area contributed by atoms with Crippen molar-refractivity contribution in [3.05, 3.63) is 36.0 Å². The van der Waals surface area contributed by atoms with Crippen molar-refractivity contribution in [3.63, 3.8) is 0 Å². The van der Waals surface area contributed by atoms with Crippen LogP contribution in [0.2, 0.25) is 0 Å². The fourth-order valence-corrected chi connectivity index (χ4v) is 3.37. The van der Waals surface area contributed by atoms with Crippen LogP contribution in [0.15, 0.2) is 29.1 Å². The van der Waals surface area contributed by atoms with Gasteiger partial charge in [0, 0.05) is 36.5 Å². The van der Waals surface area contributed by atoms with Crippen molar-refractivity contribution in [2.24, 2.45) is 0 Å². The minimum Gasteiger partial charge on any atom is -0.449 e. The first kappa shape index (κ1) is 14.0. The summed E-state index contributed by atoms with van der Waals surface area (Å²) in [6, 6.07) is 3.32. The van der Waals surface area contributed by atoms with Crippen molar-refractivity contribution in [1.29, 1.82) is 0 Å². The molecule has 2 aromatic rings. The van der Waals surface area contributed by atoms with Gasteiger partial charge in [0.25, 0.3) is 0 Å². The molecule has 0 saturated carbocycles. The van der Waals surface area contributed by atoms with Crippen molar-refractivity contribution in [3.8, 4) is 0 Å². The molecule has 1 fully saturated rings. The Morgan fingerprint density at radius 2 is 2.30 bits per heavy atom. The van der Waals surface area contributed by atoms with Gasteiger partial charge in [-0.25, -0.2) is 14.8 Å². The zero-order valence-corrected chi connectivity index (χ0v) is 12.8. The first-order chi connectivity index (χ1) is 11.3. The second-order valence-corrected chi connectivity index (χ2v) is 5.98. The Bertz CT molecular complexity index is 701. The molecular weight excluding hydrogens is 294 g/mol. The molecule has 0 bridgehead atoms. The van der Waals surface area contributed by atoms with Crippen LogP contribution in [-0.2, 0) is 12.8 Å². The maximum Gasteiger partial charge on any atom is 0.321 e. The van der Waals surface area contributed by atoms with E-state index in [2.05, 4.69) is 25.5 Å². The molecule has 0 spiro atoms. The summed E-state index contributed by atoms with van der Waals surface area (Å²) in [5.41, 5.74) is 2.47. The van der Waals surface area contributed by atoms with E-state index in [1.807, 2.05) is 0 Å². The molecule has 23 heavy (non-hydrogen) atoms. The highest BCUT2D eigenvalue weighted by molar-refractivity contribution is 5.88. The lowest BCUT2D eigenvalue weighted by atomic mass is 10.2. The van der Waals surface area contributed by atoms with Crippen LogP contribution >= 0.6 is 0 Å². The molecule has 2 amide bonds. The van der Waals surface area contributed by atoms with Crippen LogP contribution in [0.3, 0.4) is 0 Å². The summed E-state index contributed by atoms with van der Waals surface area (Å²) in [7, 11) is 0. The molecule has 2 aromatic heterocycles. The number of furan rings is 1. The van der Waals surface area contributed by atoms with E-state index in [0.717, 1.165) is 44.6 Å². The maximum absolute atomic E-state index is 12.0. The Hall–Kier alpha value is -2.57. The van der Waals surface area contributed by atoms with E-state index < -0.39 is 0 Å². The van der Waals surface area contributed by atoms with Crippen LogP contribution in [0.25, 0.3) is 0 Å². The number of fused-ring (bicyclic) bond motifs is 1. The molecule has 1 saturated heterocycles. The average molecular weight is 313 g/mol. The van der Waals surface area contributed by atoms with Gasteiger partial charge in [0.1, 0.15) is 12.1 Å². The molecule has 7 nitrogen and oxygen atoms in total. The molecule has 7 heteroatoms. The lowest BCUT2D eigenvalue weighted by Gasteiger charge is -2.20. The van der Waals surface area contributed by atoms with Gasteiger partial charge in [-0.15, -0.1) is 0 Å². The molecule has 4 rings (SSSR count). The summed E-state index contributed by atoms with van der Waals surface area (Å²) in [5, 5.41) is 5.67. The second kappa shape index (κ2) is 5.91. The molecule has 120 valence electrons. The molecular formula is C16H19N5O2. The molecule has 3 heterocycles. The molecule has 0 radical (unpaired) electrons. The van der Waals surface area contributed by atoms with Crippen LogP contribution in [0.4, 0.5) is 16.5 Å². The number of hydrogen-bond acceptors (Lipinski definition) is 5. The van der Waals surface area contributed by atoms with Crippen LogP contribution in [-0.4, -0.2) is 35.1 Å². The number of rotatable bonds is 3. The normalized spacial score (nSPS) is 19.7. The smallest absolute Gasteiger partial charge is 0.321 e. The van der Waals surface area contributed by atoms with E-state index >= 15 is 0 Å². The molecule has 2 N–H and O–H groups in total. The number of carbonyl (C=O) groups excluding carboxylic acids is 1. The number of anilines is 2. The van der Waals surface area contributed by atoms with E-state index in [-0.39, 0.29) is 12.1 Å². The van der Waals surface area contributed by atoms with Gasteiger partial charge in [0.2, 0.25) is 5.88 Å². The number of carbonyl (C=O) groups is 1. The summed E-state index contributed by atoms with van der Waals surface area (Å²) in [5.74, 6) is 1.49. The number of urea groups is 1. The lowest BCUT2D eigenvalue weighted by molar-refractivity contribution is 0.248. The summed E-state index contributed by atoms with van der Waals surface area (Å²) in [6.45, 7) is 1.67. The monoisotopic (exact) mass is 313 g/mol. The topological polar surface area (TPSA) is 83.3 Å². The maximum atomic E-state index is 12.0. The predicted molar refractivity (Wildman–Crippen MR) is 85.5 cm³/mol. The molecule has 1 unspecified atom stereocenters. The third-order valence-electron chi connectivity index (χ3n) is 4.43. The third kappa shape index (κ3) is 2.86. The summed E-state index contributed by atoms with van der Waals surface area (Å²) in [4.78, 5) is 23.1. The number of nitrogens with zero attached hydrogens (tertiary/aromatic N) is 3. The van der Waals surface area contributed by atoms with Crippen LogP contribution in [0.5, 0.6) is 0 Å². The summed E-state index contributed by atoms with van der Waals surface area (Å²) < 4.78 is 5.11. The Morgan fingerprint density at radius 3 is 3.17 bits per heavy atom. The SMILES string of the molecule is O=C(Nc1ccco1)NC1CCN(c2ncnc3c2CCC3)C1. The number of nitrogens with one attached hydrogen (secondary N) is 2. The number of aromatic nitrogens is 2. The van der Waals surface area contributed by atoms with E-state index in [9.17, 15) is 4.79 Å². The highest BCUT2D eigenvalue weighted by Gasteiger charge is 2.28. The Balaban J connectivity index is 1.38. The van der Waals surface area contributed by atoms with E-state index in [1.54, 1.807) is 18.5 Å². The summed E-state index contributed by atoms with van der Waals surface area (Å²) >= 11 is 0.